The second-order valence-corrected chi connectivity index (χ2v) is 8.82. The second kappa shape index (κ2) is 10.2. The number of anilines is 1. The number of amides is 1. The molecular formula is C25H33FN4O. The maximum absolute atomic E-state index is 13.7. The maximum atomic E-state index is 13.7. The van der Waals surface area contributed by atoms with E-state index in [-0.39, 0.29) is 23.7 Å². The monoisotopic (exact) mass is 424 g/mol. The third kappa shape index (κ3) is 5.43. The molecule has 2 fully saturated rings. The lowest BCUT2D eigenvalue weighted by atomic mass is 9.81. The molecular weight excluding hydrogens is 391 g/mol. The highest BCUT2D eigenvalue weighted by Gasteiger charge is 2.37. The summed E-state index contributed by atoms with van der Waals surface area (Å²) in [5.74, 6) is 0.645. The van der Waals surface area contributed by atoms with Crippen LogP contribution < -0.4 is 15.8 Å². The first-order valence-corrected chi connectivity index (χ1v) is 11.4. The summed E-state index contributed by atoms with van der Waals surface area (Å²) < 4.78 is 13.7. The Balaban J connectivity index is 1.30. The number of nitrogens with one attached hydrogen (secondary N) is 2. The second-order valence-electron chi connectivity index (χ2n) is 8.82. The fourth-order valence-electron chi connectivity index (χ4n) is 4.99. The molecule has 2 aromatic rings. The van der Waals surface area contributed by atoms with Gasteiger partial charge in [-0.2, -0.15) is 0 Å². The number of hydrazine groups is 1. The van der Waals surface area contributed by atoms with Crippen LogP contribution in [0.4, 0.5) is 10.1 Å². The van der Waals surface area contributed by atoms with Crippen LogP contribution in [0, 0.1) is 11.7 Å². The van der Waals surface area contributed by atoms with E-state index < -0.39 is 0 Å². The van der Waals surface area contributed by atoms with E-state index in [2.05, 4.69) is 34.9 Å². The minimum atomic E-state index is -0.191. The predicted octanol–water partition coefficient (Wildman–Crippen LogP) is 3.54. The van der Waals surface area contributed by atoms with Gasteiger partial charge in [-0.05, 0) is 55.0 Å². The standard InChI is InChI=1S/C25H33FN4O/c1-29(22-11-3-2-4-12-22)14-7-13-24(31)30-15-6-9-20(18-30)25-23(17-27-28-25)19-8-5-10-21(26)16-19/h2-5,8,10-12,16,20,23,25,27-28H,6-7,9,13-15,17-18H2,1H3. The van der Waals surface area contributed by atoms with E-state index in [1.165, 1.54) is 11.8 Å². The number of nitrogens with zero attached hydrogens (tertiary/aromatic N) is 2. The van der Waals surface area contributed by atoms with Gasteiger partial charge in [-0.3, -0.25) is 15.6 Å². The number of likely N-dealkylation sites (tertiary alicyclic amines) is 1. The zero-order chi connectivity index (χ0) is 21.6. The zero-order valence-electron chi connectivity index (χ0n) is 18.3. The quantitative estimate of drug-likeness (QED) is 0.714. The fraction of sp³-hybridized carbons (Fsp3) is 0.480. The molecule has 0 spiro atoms. The molecule has 0 radical (unpaired) electrons. The summed E-state index contributed by atoms with van der Waals surface area (Å²) >= 11 is 0. The van der Waals surface area contributed by atoms with Gasteiger partial charge in [0.2, 0.25) is 5.91 Å². The molecule has 1 amide bonds. The molecule has 2 saturated heterocycles. The van der Waals surface area contributed by atoms with Gasteiger partial charge < -0.3 is 9.80 Å². The summed E-state index contributed by atoms with van der Waals surface area (Å²) in [5.41, 5.74) is 8.88. The summed E-state index contributed by atoms with van der Waals surface area (Å²) in [5, 5.41) is 0. The summed E-state index contributed by atoms with van der Waals surface area (Å²) in [6.45, 7) is 3.26. The first kappa shape index (κ1) is 21.8. The number of rotatable bonds is 7. The van der Waals surface area contributed by atoms with Gasteiger partial charge in [0.25, 0.3) is 0 Å². The summed E-state index contributed by atoms with van der Waals surface area (Å²) in [6, 6.07) is 17.4. The molecule has 2 heterocycles. The molecule has 166 valence electrons. The van der Waals surface area contributed by atoms with E-state index in [0.717, 1.165) is 51.0 Å². The Morgan fingerprint density at radius 1 is 1.19 bits per heavy atom. The number of piperidine rings is 1. The van der Waals surface area contributed by atoms with Gasteiger partial charge in [0.05, 0.1) is 0 Å². The van der Waals surface area contributed by atoms with Gasteiger partial charge in [0.15, 0.2) is 0 Å². The van der Waals surface area contributed by atoms with Crippen LogP contribution in [-0.2, 0) is 4.79 Å². The fourth-order valence-corrected chi connectivity index (χ4v) is 4.99. The molecule has 3 atom stereocenters. The molecule has 5 nitrogen and oxygen atoms in total. The van der Waals surface area contributed by atoms with Crippen molar-refractivity contribution >= 4 is 11.6 Å². The van der Waals surface area contributed by atoms with Crippen molar-refractivity contribution in [1.82, 2.24) is 15.8 Å². The zero-order valence-corrected chi connectivity index (χ0v) is 18.3. The van der Waals surface area contributed by atoms with Crippen LogP contribution >= 0.6 is 0 Å². The van der Waals surface area contributed by atoms with Crippen molar-refractivity contribution in [2.75, 3.05) is 38.1 Å². The van der Waals surface area contributed by atoms with E-state index in [1.807, 2.05) is 29.2 Å². The molecule has 0 aromatic heterocycles. The van der Waals surface area contributed by atoms with Gasteiger partial charge in [0.1, 0.15) is 5.82 Å². The lowest BCUT2D eigenvalue weighted by Crippen LogP contribution is -2.48. The van der Waals surface area contributed by atoms with Crippen LogP contribution in [0.5, 0.6) is 0 Å². The maximum Gasteiger partial charge on any atom is 0.222 e. The van der Waals surface area contributed by atoms with Gasteiger partial charge in [-0.15, -0.1) is 0 Å². The van der Waals surface area contributed by atoms with E-state index in [9.17, 15) is 9.18 Å². The Labute approximate surface area is 184 Å². The van der Waals surface area contributed by atoms with Crippen molar-refractivity contribution in [2.24, 2.45) is 5.92 Å². The minimum Gasteiger partial charge on any atom is -0.375 e. The van der Waals surface area contributed by atoms with Crippen LogP contribution in [0.1, 0.15) is 37.2 Å². The summed E-state index contributed by atoms with van der Waals surface area (Å²) in [6.07, 6.45) is 3.54. The molecule has 4 rings (SSSR count). The highest BCUT2D eigenvalue weighted by molar-refractivity contribution is 5.76. The highest BCUT2D eigenvalue weighted by Crippen LogP contribution is 2.32. The lowest BCUT2D eigenvalue weighted by Gasteiger charge is -2.37. The van der Waals surface area contributed by atoms with Crippen LogP contribution in [-0.4, -0.2) is 50.1 Å². The van der Waals surface area contributed by atoms with Gasteiger partial charge in [-0.1, -0.05) is 30.3 Å². The number of carbonyl (C=O) groups is 1. The molecule has 2 aliphatic heterocycles. The largest absolute Gasteiger partial charge is 0.375 e. The molecule has 0 bridgehead atoms. The summed E-state index contributed by atoms with van der Waals surface area (Å²) in [4.78, 5) is 17.1. The average molecular weight is 425 g/mol. The minimum absolute atomic E-state index is 0.191. The third-order valence-corrected chi connectivity index (χ3v) is 6.70. The Bertz CT molecular complexity index is 862. The molecule has 0 aliphatic carbocycles. The van der Waals surface area contributed by atoms with Crippen molar-refractivity contribution in [3.8, 4) is 0 Å². The first-order valence-electron chi connectivity index (χ1n) is 11.4. The number of para-hydroxylation sites is 1. The smallest absolute Gasteiger partial charge is 0.222 e. The van der Waals surface area contributed by atoms with Crippen molar-refractivity contribution in [3.63, 3.8) is 0 Å². The molecule has 6 heteroatoms. The predicted molar refractivity (Wildman–Crippen MR) is 122 cm³/mol. The highest BCUT2D eigenvalue weighted by atomic mass is 19.1. The SMILES string of the molecule is CN(CCCC(=O)N1CCCC(C2NNCC2c2cccc(F)c2)C1)c1ccccc1. The van der Waals surface area contributed by atoms with Crippen molar-refractivity contribution in [3.05, 3.63) is 66.0 Å². The Morgan fingerprint density at radius 2 is 2.03 bits per heavy atom. The molecule has 3 unspecified atom stereocenters. The molecule has 0 saturated carbocycles. The van der Waals surface area contributed by atoms with Crippen LogP contribution in [0.25, 0.3) is 0 Å². The number of hydrogen-bond donors (Lipinski definition) is 2. The van der Waals surface area contributed by atoms with Crippen molar-refractivity contribution in [1.29, 1.82) is 0 Å². The van der Waals surface area contributed by atoms with E-state index >= 15 is 0 Å². The lowest BCUT2D eigenvalue weighted by molar-refractivity contribution is -0.133. The number of benzene rings is 2. The molecule has 2 aromatic carbocycles. The Kier molecular flexibility index (Phi) is 7.20. The van der Waals surface area contributed by atoms with E-state index in [1.54, 1.807) is 12.1 Å². The summed E-state index contributed by atoms with van der Waals surface area (Å²) in [7, 11) is 2.07. The van der Waals surface area contributed by atoms with Gasteiger partial charge in [0, 0.05) is 57.3 Å². The van der Waals surface area contributed by atoms with E-state index in [4.69, 9.17) is 0 Å². The van der Waals surface area contributed by atoms with Crippen LogP contribution in [0.15, 0.2) is 54.6 Å². The van der Waals surface area contributed by atoms with Crippen LogP contribution in [0.2, 0.25) is 0 Å². The van der Waals surface area contributed by atoms with Crippen molar-refractivity contribution < 1.29 is 9.18 Å². The topological polar surface area (TPSA) is 47.6 Å². The number of hydrogen-bond acceptors (Lipinski definition) is 4. The van der Waals surface area contributed by atoms with Crippen LogP contribution in [0.3, 0.4) is 0 Å². The Morgan fingerprint density at radius 3 is 2.84 bits per heavy atom. The first-order chi connectivity index (χ1) is 15.1. The molecule has 31 heavy (non-hydrogen) atoms. The molecule has 2 N–H and O–H groups in total. The average Bonchev–Trinajstić information content (AvgIpc) is 3.30. The number of halogens is 1. The number of carbonyl (C=O) groups excluding carboxylic acids is 1. The normalized spacial score (nSPS) is 23.7. The van der Waals surface area contributed by atoms with Gasteiger partial charge >= 0.3 is 0 Å². The van der Waals surface area contributed by atoms with Gasteiger partial charge in [-0.25, -0.2) is 4.39 Å². The Hall–Kier alpha value is -2.44. The third-order valence-electron chi connectivity index (χ3n) is 6.70. The van der Waals surface area contributed by atoms with E-state index in [0.29, 0.717) is 12.3 Å². The molecule has 2 aliphatic rings. The van der Waals surface area contributed by atoms with Crippen molar-refractivity contribution in [2.45, 2.75) is 37.6 Å².